The van der Waals surface area contributed by atoms with Crippen molar-refractivity contribution < 1.29 is 14.0 Å². The van der Waals surface area contributed by atoms with E-state index < -0.39 is 17.6 Å². The summed E-state index contributed by atoms with van der Waals surface area (Å²) in [6.07, 6.45) is 1.58. The SMILES string of the molecule is O=C(Nc1ccccc1C(=O)Nc1nccs1)c1ccccc1F. The van der Waals surface area contributed by atoms with Gasteiger partial charge in [0, 0.05) is 11.6 Å². The van der Waals surface area contributed by atoms with Crippen molar-refractivity contribution in [3.63, 3.8) is 0 Å². The molecule has 120 valence electrons. The van der Waals surface area contributed by atoms with Gasteiger partial charge in [-0.15, -0.1) is 11.3 Å². The molecule has 2 amide bonds. The summed E-state index contributed by atoms with van der Waals surface area (Å²) in [4.78, 5) is 28.6. The Labute approximate surface area is 141 Å². The van der Waals surface area contributed by atoms with Crippen LogP contribution in [-0.2, 0) is 0 Å². The van der Waals surface area contributed by atoms with Gasteiger partial charge in [-0.25, -0.2) is 9.37 Å². The number of hydrogen-bond donors (Lipinski definition) is 2. The van der Waals surface area contributed by atoms with E-state index in [0.29, 0.717) is 10.8 Å². The van der Waals surface area contributed by atoms with Gasteiger partial charge in [0.2, 0.25) is 0 Å². The van der Waals surface area contributed by atoms with Gasteiger partial charge in [0.05, 0.1) is 16.8 Å². The summed E-state index contributed by atoms with van der Waals surface area (Å²) in [5.74, 6) is -1.66. The van der Waals surface area contributed by atoms with E-state index in [1.807, 2.05) is 0 Å². The quantitative estimate of drug-likeness (QED) is 0.758. The molecule has 0 fully saturated rings. The first kappa shape index (κ1) is 15.8. The highest BCUT2D eigenvalue weighted by Gasteiger charge is 2.16. The summed E-state index contributed by atoms with van der Waals surface area (Å²) in [6, 6.07) is 12.2. The summed E-state index contributed by atoms with van der Waals surface area (Å²) < 4.78 is 13.7. The number of carbonyl (C=O) groups is 2. The van der Waals surface area contributed by atoms with Crippen LogP contribution in [0.25, 0.3) is 0 Å². The molecule has 3 aromatic rings. The van der Waals surface area contributed by atoms with E-state index in [0.717, 1.165) is 0 Å². The summed E-state index contributed by atoms with van der Waals surface area (Å²) in [5, 5.41) is 7.41. The normalized spacial score (nSPS) is 10.2. The first-order valence-corrected chi connectivity index (χ1v) is 7.89. The minimum atomic E-state index is -0.625. The van der Waals surface area contributed by atoms with Crippen LogP contribution in [0.3, 0.4) is 0 Å². The smallest absolute Gasteiger partial charge is 0.259 e. The van der Waals surface area contributed by atoms with Gasteiger partial charge in [-0.2, -0.15) is 0 Å². The lowest BCUT2D eigenvalue weighted by molar-refractivity contribution is 0.102. The summed E-state index contributed by atoms with van der Waals surface area (Å²) in [6.45, 7) is 0. The number of nitrogens with zero attached hydrogens (tertiary/aromatic N) is 1. The van der Waals surface area contributed by atoms with Gasteiger partial charge in [0.15, 0.2) is 5.13 Å². The van der Waals surface area contributed by atoms with Gasteiger partial charge < -0.3 is 5.32 Å². The molecule has 7 heteroatoms. The van der Waals surface area contributed by atoms with Crippen molar-refractivity contribution in [2.45, 2.75) is 0 Å². The Bertz CT molecular complexity index is 881. The second-order valence-corrected chi connectivity index (χ2v) is 5.67. The molecule has 0 atom stereocenters. The van der Waals surface area contributed by atoms with E-state index in [-0.39, 0.29) is 11.1 Å². The number of hydrogen-bond acceptors (Lipinski definition) is 4. The van der Waals surface area contributed by atoms with Crippen LogP contribution in [0.15, 0.2) is 60.1 Å². The largest absolute Gasteiger partial charge is 0.321 e. The van der Waals surface area contributed by atoms with Crippen molar-refractivity contribution in [3.05, 3.63) is 77.1 Å². The Balaban J connectivity index is 1.83. The molecule has 0 saturated heterocycles. The second kappa shape index (κ2) is 7.01. The fourth-order valence-electron chi connectivity index (χ4n) is 2.07. The maximum Gasteiger partial charge on any atom is 0.259 e. The molecule has 0 aliphatic rings. The fourth-order valence-corrected chi connectivity index (χ4v) is 2.60. The van der Waals surface area contributed by atoms with E-state index in [4.69, 9.17) is 0 Å². The molecule has 0 bridgehead atoms. The Morgan fingerprint density at radius 2 is 1.58 bits per heavy atom. The number of halogens is 1. The lowest BCUT2D eigenvalue weighted by Crippen LogP contribution is -2.18. The maximum absolute atomic E-state index is 13.7. The molecular formula is C17H12FN3O2S. The molecule has 2 aromatic carbocycles. The number of carbonyl (C=O) groups excluding carboxylic acids is 2. The van der Waals surface area contributed by atoms with Gasteiger partial charge >= 0.3 is 0 Å². The monoisotopic (exact) mass is 341 g/mol. The van der Waals surface area contributed by atoms with Crippen LogP contribution in [0.1, 0.15) is 20.7 Å². The zero-order valence-corrected chi connectivity index (χ0v) is 13.1. The number of aromatic nitrogens is 1. The molecule has 0 unspecified atom stereocenters. The number of rotatable bonds is 4. The molecule has 1 aromatic heterocycles. The Kier molecular flexibility index (Phi) is 4.62. The highest BCUT2D eigenvalue weighted by Crippen LogP contribution is 2.19. The number of amides is 2. The molecule has 0 saturated carbocycles. The van der Waals surface area contributed by atoms with E-state index >= 15 is 0 Å². The van der Waals surface area contributed by atoms with E-state index in [9.17, 15) is 14.0 Å². The Morgan fingerprint density at radius 1 is 0.917 bits per heavy atom. The standard InChI is InChI=1S/C17H12FN3O2S/c18-13-7-3-1-5-11(13)15(22)20-14-8-4-2-6-12(14)16(23)21-17-19-9-10-24-17/h1-10H,(H,20,22)(H,19,21,23). The number of anilines is 2. The molecule has 0 aliphatic heterocycles. The van der Waals surface area contributed by atoms with E-state index in [2.05, 4.69) is 15.6 Å². The third kappa shape index (κ3) is 3.47. The predicted molar refractivity (Wildman–Crippen MR) is 90.9 cm³/mol. The van der Waals surface area contributed by atoms with Crippen LogP contribution in [0.5, 0.6) is 0 Å². The lowest BCUT2D eigenvalue weighted by Gasteiger charge is -2.11. The topological polar surface area (TPSA) is 71.1 Å². The maximum atomic E-state index is 13.7. The second-order valence-electron chi connectivity index (χ2n) is 4.77. The van der Waals surface area contributed by atoms with Crippen LogP contribution >= 0.6 is 11.3 Å². The van der Waals surface area contributed by atoms with Gasteiger partial charge in [-0.3, -0.25) is 14.9 Å². The van der Waals surface area contributed by atoms with Crippen molar-refractivity contribution in [1.82, 2.24) is 4.98 Å². The number of para-hydroxylation sites is 1. The molecule has 5 nitrogen and oxygen atoms in total. The minimum absolute atomic E-state index is 0.0902. The fraction of sp³-hybridized carbons (Fsp3) is 0. The highest BCUT2D eigenvalue weighted by atomic mass is 32.1. The number of nitrogens with one attached hydrogen (secondary N) is 2. The van der Waals surface area contributed by atoms with Gasteiger partial charge in [-0.05, 0) is 24.3 Å². The summed E-state index contributed by atoms with van der Waals surface area (Å²) in [7, 11) is 0. The van der Waals surface area contributed by atoms with Crippen molar-refractivity contribution in [3.8, 4) is 0 Å². The van der Waals surface area contributed by atoms with E-state index in [1.54, 1.807) is 41.9 Å². The van der Waals surface area contributed by atoms with Crippen LogP contribution in [0, 0.1) is 5.82 Å². The molecule has 1 heterocycles. The lowest BCUT2D eigenvalue weighted by atomic mass is 10.1. The average Bonchev–Trinajstić information content (AvgIpc) is 3.08. The van der Waals surface area contributed by atoms with Crippen LogP contribution in [0.4, 0.5) is 15.2 Å². The molecule has 0 spiro atoms. The highest BCUT2D eigenvalue weighted by molar-refractivity contribution is 7.13. The van der Waals surface area contributed by atoms with E-state index in [1.165, 1.54) is 29.5 Å². The van der Waals surface area contributed by atoms with Gasteiger partial charge in [0.1, 0.15) is 5.82 Å². The van der Waals surface area contributed by atoms with Gasteiger partial charge in [0.25, 0.3) is 11.8 Å². The van der Waals surface area contributed by atoms with Crippen molar-refractivity contribution in [2.24, 2.45) is 0 Å². The molecule has 2 N–H and O–H groups in total. The van der Waals surface area contributed by atoms with Crippen LogP contribution in [-0.4, -0.2) is 16.8 Å². The summed E-state index contributed by atoms with van der Waals surface area (Å²) >= 11 is 1.28. The number of benzene rings is 2. The predicted octanol–water partition coefficient (Wildman–Crippen LogP) is 3.79. The third-order valence-electron chi connectivity index (χ3n) is 3.19. The minimum Gasteiger partial charge on any atom is -0.321 e. The summed E-state index contributed by atoms with van der Waals surface area (Å²) in [5.41, 5.74) is 0.463. The molecule has 24 heavy (non-hydrogen) atoms. The Hall–Kier alpha value is -3.06. The molecule has 3 rings (SSSR count). The zero-order chi connectivity index (χ0) is 16.9. The molecular weight excluding hydrogens is 329 g/mol. The first-order valence-electron chi connectivity index (χ1n) is 7.01. The van der Waals surface area contributed by atoms with Crippen molar-refractivity contribution >= 4 is 34.0 Å². The number of thiazole rings is 1. The Morgan fingerprint density at radius 3 is 2.29 bits per heavy atom. The first-order chi connectivity index (χ1) is 11.6. The van der Waals surface area contributed by atoms with Crippen molar-refractivity contribution in [2.75, 3.05) is 10.6 Å². The third-order valence-corrected chi connectivity index (χ3v) is 3.88. The zero-order valence-electron chi connectivity index (χ0n) is 12.3. The van der Waals surface area contributed by atoms with Crippen LogP contribution < -0.4 is 10.6 Å². The average molecular weight is 341 g/mol. The molecule has 0 radical (unpaired) electrons. The van der Waals surface area contributed by atoms with Gasteiger partial charge in [-0.1, -0.05) is 24.3 Å². The van der Waals surface area contributed by atoms with Crippen LogP contribution in [0.2, 0.25) is 0 Å². The van der Waals surface area contributed by atoms with Crippen molar-refractivity contribution in [1.29, 1.82) is 0 Å². The molecule has 0 aliphatic carbocycles.